The molecule has 2 fully saturated rings. The van der Waals surface area contributed by atoms with Crippen molar-refractivity contribution in [2.75, 3.05) is 0 Å². The molecule has 3 atom stereocenters. The zero-order chi connectivity index (χ0) is 14.0. The van der Waals surface area contributed by atoms with Crippen LogP contribution in [0.1, 0.15) is 46.5 Å². The van der Waals surface area contributed by atoms with Crippen LogP contribution < -0.4 is 0 Å². The van der Waals surface area contributed by atoms with Crippen LogP contribution in [0.5, 0.6) is 0 Å². The first kappa shape index (κ1) is 14.1. The first-order chi connectivity index (χ1) is 8.93. The van der Waals surface area contributed by atoms with Gasteiger partial charge in [0.15, 0.2) is 0 Å². The Morgan fingerprint density at radius 1 is 1.47 bits per heavy atom. The normalized spacial score (nSPS) is 34.3. The summed E-state index contributed by atoms with van der Waals surface area (Å²) in [6.07, 6.45) is 10.8. The van der Waals surface area contributed by atoms with Crippen LogP contribution in [-0.4, -0.2) is 5.97 Å². The van der Waals surface area contributed by atoms with Crippen LogP contribution in [0, 0.1) is 17.3 Å². The van der Waals surface area contributed by atoms with E-state index in [0.29, 0.717) is 0 Å². The predicted octanol–water partition coefficient (Wildman–Crippen LogP) is 4.39. The number of carbonyl (C=O) groups excluding carboxylic acids is 1. The molecule has 0 aromatic heterocycles. The highest BCUT2D eigenvalue weighted by Crippen LogP contribution is 2.60. The van der Waals surface area contributed by atoms with Gasteiger partial charge in [-0.1, -0.05) is 31.2 Å². The van der Waals surface area contributed by atoms with Gasteiger partial charge >= 0.3 is 5.97 Å². The minimum absolute atomic E-state index is 0.277. The molecule has 2 aliphatic rings. The topological polar surface area (TPSA) is 26.3 Å². The van der Waals surface area contributed by atoms with Crippen LogP contribution in [0.2, 0.25) is 0 Å². The summed E-state index contributed by atoms with van der Waals surface area (Å²) in [5.74, 6) is 1.30. The van der Waals surface area contributed by atoms with Crippen LogP contribution in [0.3, 0.4) is 0 Å². The summed E-state index contributed by atoms with van der Waals surface area (Å²) >= 11 is 0. The highest BCUT2D eigenvalue weighted by Gasteiger charge is 2.49. The molecule has 0 saturated heterocycles. The van der Waals surface area contributed by atoms with Crippen molar-refractivity contribution in [3.05, 3.63) is 36.1 Å². The Morgan fingerprint density at radius 3 is 2.79 bits per heavy atom. The first-order valence-electron chi connectivity index (χ1n) is 7.13. The lowest BCUT2D eigenvalue weighted by Crippen LogP contribution is -2.25. The second kappa shape index (κ2) is 5.36. The van der Waals surface area contributed by atoms with E-state index in [-0.39, 0.29) is 11.4 Å². The molecule has 2 bridgehead atoms. The molecule has 0 unspecified atom stereocenters. The lowest BCUT2D eigenvalue weighted by Gasteiger charge is -2.35. The average Bonchev–Trinajstić information content (AvgIpc) is 2.91. The number of esters is 1. The van der Waals surface area contributed by atoms with Crippen molar-refractivity contribution in [3.8, 4) is 0 Å². The number of carbonyl (C=O) groups is 1. The SMILES string of the molecule is C=C1[C@@H]2CC[C@@H](C2)[C@@]1(C)CC=CC(C)=COC(C)=O. The van der Waals surface area contributed by atoms with Crippen LogP contribution in [0.15, 0.2) is 36.1 Å². The number of rotatable bonds is 4. The van der Waals surface area contributed by atoms with E-state index >= 15 is 0 Å². The van der Waals surface area contributed by atoms with Crippen LogP contribution in [0.4, 0.5) is 0 Å². The fraction of sp³-hybridized carbons (Fsp3) is 0.588. The third kappa shape index (κ3) is 2.83. The Labute approximate surface area is 116 Å². The maximum Gasteiger partial charge on any atom is 0.307 e. The van der Waals surface area contributed by atoms with E-state index in [2.05, 4.69) is 19.6 Å². The number of hydrogen-bond acceptors (Lipinski definition) is 2. The molecule has 0 aromatic carbocycles. The summed E-state index contributed by atoms with van der Waals surface area (Å²) in [6.45, 7) is 10.0. The van der Waals surface area contributed by atoms with Gasteiger partial charge in [0.1, 0.15) is 0 Å². The van der Waals surface area contributed by atoms with Crippen molar-refractivity contribution in [2.24, 2.45) is 17.3 Å². The molecule has 0 N–H and O–H groups in total. The lowest BCUT2D eigenvalue weighted by atomic mass is 9.69. The predicted molar refractivity (Wildman–Crippen MR) is 77.4 cm³/mol. The zero-order valence-corrected chi connectivity index (χ0v) is 12.2. The number of fused-ring (bicyclic) bond motifs is 2. The second-order valence-electron chi connectivity index (χ2n) is 6.23. The molecule has 0 heterocycles. The van der Waals surface area contributed by atoms with Crippen molar-refractivity contribution in [1.82, 2.24) is 0 Å². The average molecular weight is 260 g/mol. The quantitative estimate of drug-likeness (QED) is 0.324. The van der Waals surface area contributed by atoms with E-state index in [4.69, 9.17) is 4.74 Å². The molecule has 2 heteroatoms. The van der Waals surface area contributed by atoms with Crippen LogP contribution >= 0.6 is 0 Å². The van der Waals surface area contributed by atoms with Crippen LogP contribution in [0.25, 0.3) is 0 Å². The van der Waals surface area contributed by atoms with Gasteiger partial charge in [0.05, 0.1) is 6.26 Å². The van der Waals surface area contributed by atoms with Crippen molar-refractivity contribution in [2.45, 2.75) is 46.5 Å². The largest absolute Gasteiger partial charge is 0.434 e. The fourth-order valence-corrected chi connectivity index (χ4v) is 3.61. The van der Waals surface area contributed by atoms with Gasteiger partial charge in [0.25, 0.3) is 0 Å². The van der Waals surface area contributed by atoms with Crippen molar-refractivity contribution >= 4 is 5.97 Å². The summed E-state index contributed by atoms with van der Waals surface area (Å²) < 4.78 is 4.85. The molecule has 104 valence electrons. The van der Waals surface area contributed by atoms with Gasteiger partial charge in [-0.2, -0.15) is 0 Å². The van der Waals surface area contributed by atoms with Gasteiger partial charge in [-0.3, -0.25) is 4.79 Å². The lowest BCUT2D eigenvalue weighted by molar-refractivity contribution is -0.135. The van der Waals surface area contributed by atoms with Gasteiger partial charge in [0.2, 0.25) is 0 Å². The Hall–Kier alpha value is -1.31. The third-order valence-electron chi connectivity index (χ3n) is 4.89. The van der Waals surface area contributed by atoms with E-state index in [1.54, 1.807) is 0 Å². The maximum atomic E-state index is 10.7. The van der Waals surface area contributed by atoms with Crippen molar-refractivity contribution < 1.29 is 9.53 Å². The fourth-order valence-electron chi connectivity index (χ4n) is 3.61. The zero-order valence-electron chi connectivity index (χ0n) is 12.2. The third-order valence-corrected chi connectivity index (χ3v) is 4.89. The summed E-state index contributed by atoms with van der Waals surface area (Å²) in [5.41, 5.74) is 2.70. The number of hydrogen-bond donors (Lipinski definition) is 0. The molecule has 2 nitrogen and oxygen atoms in total. The molecule has 0 spiro atoms. The standard InChI is InChI=1S/C17H24O2/c1-12(11-19-14(3)18)6-5-9-17(4)13(2)15-7-8-16(17)10-15/h5-6,11,15-16H,2,7-10H2,1,3-4H3/t15-,16+,17+/m1/s1. The summed E-state index contributed by atoms with van der Waals surface area (Å²) in [5, 5.41) is 0. The monoisotopic (exact) mass is 260 g/mol. The van der Waals surface area contributed by atoms with E-state index in [9.17, 15) is 4.79 Å². The van der Waals surface area contributed by atoms with Crippen molar-refractivity contribution in [3.63, 3.8) is 0 Å². The molecule has 0 aliphatic heterocycles. The smallest absolute Gasteiger partial charge is 0.307 e. The summed E-state index contributed by atoms with van der Waals surface area (Å²) in [6, 6.07) is 0. The molecule has 2 aliphatic carbocycles. The van der Waals surface area contributed by atoms with Crippen LogP contribution in [-0.2, 0) is 9.53 Å². The Bertz CT molecular complexity index is 444. The molecular weight excluding hydrogens is 236 g/mol. The molecule has 19 heavy (non-hydrogen) atoms. The Kier molecular flexibility index (Phi) is 3.98. The first-order valence-corrected chi connectivity index (χ1v) is 7.13. The van der Waals surface area contributed by atoms with Gasteiger partial charge in [-0.25, -0.2) is 0 Å². The Balaban J connectivity index is 1.93. The maximum absolute atomic E-state index is 10.7. The van der Waals surface area contributed by atoms with Gasteiger partial charge in [-0.15, -0.1) is 0 Å². The summed E-state index contributed by atoms with van der Waals surface area (Å²) in [7, 11) is 0. The van der Waals surface area contributed by atoms with E-state index in [0.717, 1.165) is 23.8 Å². The number of ether oxygens (including phenoxy) is 1. The number of allylic oxidation sites excluding steroid dienone is 4. The van der Waals surface area contributed by atoms with Gasteiger partial charge in [0, 0.05) is 6.92 Å². The summed E-state index contributed by atoms with van der Waals surface area (Å²) in [4.78, 5) is 10.7. The molecule has 0 radical (unpaired) electrons. The Morgan fingerprint density at radius 2 is 2.21 bits per heavy atom. The van der Waals surface area contributed by atoms with E-state index < -0.39 is 0 Å². The second-order valence-corrected chi connectivity index (χ2v) is 6.23. The highest BCUT2D eigenvalue weighted by atomic mass is 16.5. The van der Waals surface area contributed by atoms with E-state index in [1.807, 2.05) is 13.0 Å². The molecule has 2 saturated carbocycles. The van der Waals surface area contributed by atoms with Gasteiger partial charge in [-0.05, 0) is 55.4 Å². The molecule has 0 aromatic rings. The van der Waals surface area contributed by atoms with E-state index in [1.165, 1.54) is 38.0 Å². The minimum Gasteiger partial charge on any atom is -0.434 e. The molecule has 0 amide bonds. The van der Waals surface area contributed by atoms with Gasteiger partial charge < -0.3 is 4.74 Å². The minimum atomic E-state index is -0.277. The molecular formula is C17H24O2. The molecule has 2 rings (SSSR count). The van der Waals surface area contributed by atoms with Crippen molar-refractivity contribution in [1.29, 1.82) is 0 Å². The highest BCUT2D eigenvalue weighted by molar-refractivity contribution is 5.66.